The number of thioether (sulfide) groups is 4. The number of fused-ring (bicyclic) bond motifs is 20. The second kappa shape index (κ2) is 15.9. The molecule has 9 aromatic rings. The largest absolute Gasteiger partial charge is 0.493 e. The first-order chi connectivity index (χ1) is 32.3. The Kier molecular flexibility index (Phi) is 10.2. The van der Waals surface area contributed by atoms with Crippen molar-refractivity contribution in [2.24, 2.45) is 0 Å². The summed E-state index contributed by atoms with van der Waals surface area (Å²) >= 11 is 15.5. The number of methoxy groups -OCH3 is 4. The van der Waals surface area contributed by atoms with Gasteiger partial charge in [-0.2, -0.15) is 0 Å². The molecule has 4 nitrogen and oxygen atoms in total. The predicted molar refractivity (Wildman–Crippen MR) is 290 cm³/mol. The van der Waals surface area contributed by atoms with E-state index in [2.05, 4.69) is 97.8 Å². The maximum absolute atomic E-state index is 5.78. The van der Waals surface area contributed by atoms with Crippen LogP contribution in [0.3, 0.4) is 0 Å². The molecule has 2 aromatic heterocycles. The number of rotatable bonds is 10. The molecule has 4 bridgehead atoms. The second-order valence-corrected chi connectivity index (χ2v) is 26.4. The van der Waals surface area contributed by atoms with Crippen LogP contribution in [0.4, 0.5) is 0 Å². The Balaban J connectivity index is 1.10. The Labute approximate surface area is 417 Å². The van der Waals surface area contributed by atoms with Gasteiger partial charge in [0.25, 0.3) is 8.38 Å². The Bertz CT molecular complexity index is 3140. The molecule has 2 heterocycles. The molecule has 0 aliphatic heterocycles. The molecular weight excluding hydrogens is 969 g/mol. The van der Waals surface area contributed by atoms with Crippen molar-refractivity contribution >= 4 is 135 Å². The summed E-state index contributed by atoms with van der Waals surface area (Å²) in [6.07, 6.45) is 11.2. The summed E-state index contributed by atoms with van der Waals surface area (Å²) < 4.78 is 31.5. The van der Waals surface area contributed by atoms with Crippen molar-refractivity contribution in [3.05, 3.63) is 117 Å². The van der Waals surface area contributed by atoms with Crippen LogP contribution in [-0.4, -0.2) is 53.5 Å². The molecule has 12 heteroatoms. The van der Waals surface area contributed by atoms with E-state index in [1.807, 2.05) is 92.4 Å². The molecule has 0 fully saturated rings. The van der Waals surface area contributed by atoms with Crippen molar-refractivity contribution < 1.29 is 18.9 Å². The van der Waals surface area contributed by atoms with Gasteiger partial charge in [0.15, 0.2) is 23.0 Å². The van der Waals surface area contributed by atoms with Gasteiger partial charge in [0, 0.05) is 23.7 Å². The van der Waals surface area contributed by atoms with Crippen molar-refractivity contribution in [2.45, 2.75) is 53.3 Å². The normalized spacial score (nSPS) is 18.4. The minimum absolute atomic E-state index is 0.348. The van der Waals surface area contributed by atoms with Crippen LogP contribution in [0.5, 0.6) is 23.0 Å². The van der Waals surface area contributed by atoms with E-state index in [0.29, 0.717) is 23.7 Å². The molecule has 4 unspecified atom stereocenters. The molecule has 13 rings (SSSR count). The van der Waals surface area contributed by atoms with Gasteiger partial charge in [0.2, 0.25) is 16.8 Å². The smallest absolute Gasteiger partial charge is 0.288 e. The zero-order valence-electron chi connectivity index (χ0n) is 37.6. The monoisotopic (exact) mass is 1010 g/mol. The van der Waals surface area contributed by atoms with Crippen molar-refractivity contribution in [1.29, 1.82) is 0 Å². The van der Waals surface area contributed by atoms with Gasteiger partial charge in [0.1, 0.15) is 45.3 Å². The maximum Gasteiger partial charge on any atom is 0.288 e. The van der Waals surface area contributed by atoms with E-state index >= 15 is 0 Å². The van der Waals surface area contributed by atoms with Gasteiger partial charge in [-0.15, -0.1) is 0 Å². The van der Waals surface area contributed by atoms with E-state index in [9.17, 15) is 0 Å². The first kappa shape index (κ1) is 42.4. The zero-order valence-corrected chi connectivity index (χ0v) is 44.1. The number of ether oxygens (including phenoxy) is 4. The average Bonchev–Trinajstić information content (AvgIpc) is 4.22. The summed E-state index contributed by atoms with van der Waals surface area (Å²) in [7, 11) is 6.91. The third-order valence-electron chi connectivity index (χ3n) is 14.8. The molecule has 0 saturated heterocycles. The summed E-state index contributed by atoms with van der Waals surface area (Å²) in [6, 6.07) is 29.0. The third-order valence-corrected chi connectivity index (χ3v) is 25.2. The maximum atomic E-state index is 5.78. The standard InChI is InChI=1S/C54H44O4S8/c1-55-43-13-23-9-27-28(10-24(23)14-44(43)56-2)32-17-31(27)35-19-39-40(20-36(32)35)48(50-65-53(61-7)54(62-8)66-50)42-22-38-34-18-33(29-11-25-15-45(57-3)46(58-4)16-26(25)12-30(29)34)37(38)21-41(42)47(39)49-63-51(59-5)52(60-6)64-49/h9-16,19-22,31-34H,17-18H2,1-8H3/q+2. The molecule has 7 aromatic carbocycles. The van der Waals surface area contributed by atoms with Gasteiger partial charge in [-0.05, 0) is 174 Å². The molecular formula is C54H44O4S8+2. The van der Waals surface area contributed by atoms with E-state index in [0.717, 1.165) is 35.8 Å². The van der Waals surface area contributed by atoms with E-state index < -0.39 is 0 Å². The van der Waals surface area contributed by atoms with E-state index in [1.165, 1.54) is 124 Å². The van der Waals surface area contributed by atoms with Crippen LogP contribution in [-0.2, 0) is 0 Å². The van der Waals surface area contributed by atoms with Gasteiger partial charge < -0.3 is 18.9 Å². The zero-order chi connectivity index (χ0) is 44.9. The van der Waals surface area contributed by atoms with Gasteiger partial charge in [-0.25, -0.2) is 0 Å². The lowest BCUT2D eigenvalue weighted by Crippen LogP contribution is -2.05. The summed E-state index contributed by atoms with van der Waals surface area (Å²) in [5, 5.41) is 10.4. The molecule has 0 spiro atoms. The number of hydrogen-bond donors (Lipinski definition) is 0. The molecule has 0 amide bonds. The van der Waals surface area contributed by atoms with Gasteiger partial charge in [-0.1, -0.05) is 71.3 Å². The van der Waals surface area contributed by atoms with E-state index in [1.54, 1.807) is 28.4 Å². The highest BCUT2D eigenvalue weighted by atomic mass is 32.2. The molecule has 4 aliphatic rings. The van der Waals surface area contributed by atoms with Crippen LogP contribution < -0.4 is 18.9 Å². The minimum atomic E-state index is 0.348. The lowest BCUT2D eigenvalue weighted by molar-refractivity contribution is 0.356. The summed E-state index contributed by atoms with van der Waals surface area (Å²) in [5.41, 5.74) is 14.7. The predicted octanol–water partition coefficient (Wildman–Crippen LogP) is 17.3. The Hall–Kier alpha value is -3.72. The summed E-state index contributed by atoms with van der Waals surface area (Å²) in [5.74, 6) is 4.49. The van der Waals surface area contributed by atoms with Crippen LogP contribution in [0.25, 0.3) is 62.6 Å². The lowest BCUT2D eigenvalue weighted by Gasteiger charge is -2.24. The Morgan fingerprint density at radius 2 is 0.667 bits per heavy atom. The first-order valence-electron chi connectivity index (χ1n) is 21.9. The first-order valence-corrected chi connectivity index (χ1v) is 30.1. The third kappa shape index (κ3) is 5.98. The fourth-order valence-electron chi connectivity index (χ4n) is 12.0. The van der Waals surface area contributed by atoms with Crippen molar-refractivity contribution in [2.75, 3.05) is 53.5 Å². The molecule has 0 radical (unpaired) electrons. The van der Waals surface area contributed by atoms with Gasteiger partial charge in [0.05, 0.1) is 39.6 Å². The molecule has 66 heavy (non-hydrogen) atoms. The Morgan fingerprint density at radius 3 is 0.894 bits per heavy atom. The highest BCUT2D eigenvalue weighted by molar-refractivity contribution is 8.05. The van der Waals surface area contributed by atoms with Gasteiger partial charge >= 0.3 is 0 Å². The van der Waals surface area contributed by atoms with Crippen LogP contribution in [0.2, 0.25) is 0 Å². The molecule has 4 aliphatic carbocycles. The SMILES string of the molecule is COc1cc2cc3c(cc2cc1OC)C1CC3c2cc3c(-c4sc(SC)c(SC)[s+]4)c4cc5c(cc4c(-c4sc(SC)c(SC)[s+]4)c3cc21)C1CC5c2cc3cc(OC)c(OC)cc3cc21. The van der Waals surface area contributed by atoms with Crippen molar-refractivity contribution in [3.63, 3.8) is 0 Å². The summed E-state index contributed by atoms with van der Waals surface area (Å²) in [4.78, 5) is 0. The second-order valence-electron chi connectivity index (χ2n) is 17.5. The fraction of sp³-hybridized carbons (Fsp3) is 0.259. The Morgan fingerprint density at radius 1 is 0.394 bits per heavy atom. The van der Waals surface area contributed by atoms with E-state index in [4.69, 9.17) is 18.9 Å². The fourth-order valence-corrected chi connectivity index (χ4v) is 22.2. The quantitative estimate of drug-likeness (QED) is 0.0762. The lowest BCUT2D eigenvalue weighted by atomic mass is 9.79. The molecule has 0 saturated carbocycles. The molecule has 4 atom stereocenters. The van der Waals surface area contributed by atoms with Crippen LogP contribution in [0.1, 0.15) is 81.0 Å². The van der Waals surface area contributed by atoms with Crippen molar-refractivity contribution in [3.8, 4) is 42.5 Å². The summed E-state index contributed by atoms with van der Waals surface area (Å²) in [6.45, 7) is 0. The van der Waals surface area contributed by atoms with Crippen LogP contribution in [0, 0.1) is 0 Å². The van der Waals surface area contributed by atoms with Gasteiger partial charge in [-0.3, -0.25) is 0 Å². The number of benzene rings is 7. The van der Waals surface area contributed by atoms with Crippen LogP contribution in [0.15, 0.2) is 89.6 Å². The van der Waals surface area contributed by atoms with Crippen molar-refractivity contribution in [1.82, 2.24) is 0 Å². The topological polar surface area (TPSA) is 36.9 Å². The number of hydrogen-bond acceptors (Lipinski definition) is 10. The highest BCUT2D eigenvalue weighted by Gasteiger charge is 2.45. The molecule has 0 N–H and O–H groups in total. The average molecular weight is 1010 g/mol. The van der Waals surface area contributed by atoms with E-state index in [-0.39, 0.29) is 0 Å². The van der Waals surface area contributed by atoms with Crippen LogP contribution >= 0.6 is 92.4 Å². The molecule has 330 valence electrons. The minimum Gasteiger partial charge on any atom is -0.493 e. The highest BCUT2D eigenvalue weighted by Crippen LogP contribution is 2.63.